The molecule has 0 bridgehead atoms. The van der Waals surface area contributed by atoms with Gasteiger partial charge in [0.15, 0.2) is 0 Å². The molecular weight excluding hydrogens is 390 g/mol. The van der Waals surface area contributed by atoms with Crippen LogP contribution in [0.4, 0.5) is 0 Å². The third kappa shape index (κ3) is 4.93. The lowest BCUT2D eigenvalue weighted by Gasteiger charge is -2.41. The van der Waals surface area contributed by atoms with Crippen molar-refractivity contribution in [2.45, 2.75) is 40.0 Å². The second-order valence-corrected chi connectivity index (χ2v) is 8.02. The highest BCUT2D eigenvalue weighted by atomic mass is 35.5. The van der Waals surface area contributed by atoms with Gasteiger partial charge in [-0.1, -0.05) is 23.7 Å². The number of rotatable bonds is 5. The van der Waals surface area contributed by atoms with Crippen molar-refractivity contribution in [3.63, 3.8) is 0 Å². The molecule has 0 aliphatic carbocycles. The van der Waals surface area contributed by atoms with E-state index in [1.54, 1.807) is 30.9 Å². The maximum atomic E-state index is 13.1. The van der Waals surface area contributed by atoms with Gasteiger partial charge in [0.25, 0.3) is 5.91 Å². The van der Waals surface area contributed by atoms with Crippen LogP contribution in [0.15, 0.2) is 30.3 Å². The SMILES string of the molecule is CCOC(=O)[C@@]1(Cc2cccc(Cl)c2)CCCN(C(=O)c2cc(C)nc(C)n2)C1. The number of carbonyl (C=O) groups is 2. The Hall–Kier alpha value is -2.47. The summed E-state index contributed by atoms with van der Waals surface area (Å²) in [5, 5.41) is 0.622. The zero-order valence-electron chi connectivity index (χ0n) is 17.1. The quantitative estimate of drug-likeness (QED) is 0.695. The highest BCUT2D eigenvalue weighted by Gasteiger charge is 2.45. The maximum Gasteiger partial charge on any atom is 0.314 e. The molecule has 1 aliphatic rings. The number of hydrogen-bond donors (Lipinski definition) is 0. The van der Waals surface area contributed by atoms with E-state index in [4.69, 9.17) is 16.3 Å². The number of benzene rings is 1. The van der Waals surface area contributed by atoms with Gasteiger partial charge in [-0.2, -0.15) is 0 Å². The Bertz CT molecular complexity index is 898. The van der Waals surface area contributed by atoms with E-state index < -0.39 is 5.41 Å². The van der Waals surface area contributed by atoms with Gasteiger partial charge in [-0.05, 0) is 63.8 Å². The average Bonchev–Trinajstić information content (AvgIpc) is 2.67. The Morgan fingerprint density at radius 3 is 2.72 bits per heavy atom. The summed E-state index contributed by atoms with van der Waals surface area (Å²) in [4.78, 5) is 36.4. The summed E-state index contributed by atoms with van der Waals surface area (Å²) in [6.07, 6.45) is 1.84. The molecular formula is C22H26ClN3O3. The van der Waals surface area contributed by atoms with Crippen LogP contribution in [-0.4, -0.2) is 46.4 Å². The van der Waals surface area contributed by atoms with E-state index in [2.05, 4.69) is 9.97 Å². The highest BCUT2D eigenvalue weighted by molar-refractivity contribution is 6.30. The van der Waals surface area contributed by atoms with Crippen molar-refractivity contribution in [3.8, 4) is 0 Å². The zero-order valence-corrected chi connectivity index (χ0v) is 17.8. The Morgan fingerprint density at radius 1 is 1.24 bits per heavy atom. The van der Waals surface area contributed by atoms with Crippen molar-refractivity contribution in [2.75, 3.05) is 19.7 Å². The van der Waals surface area contributed by atoms with Crippen LogP contribution in [0.25, 0.3) is 0 Å². The van der Waals surface area contributed by atoms with Crippen molar-refractivity contribution in [1.82, 2.24) is 14.9 Å². The van der Waals surface area contributed by atoms with E-state index in [0.29, 0.717) is 55.5 Å². The molecule has 0 unspecified atom stereocenters. The van der Waals surface area contributed by atoms with E-state index in [9.17, 15) is 9.59 Å². The van der Waals surface area contributed by atoms with Gasteiger partial charge in [0.2, 0.25) is 0 Å². The first-order valence-corrected chi connectivity index (χ1v) is 10.2. The fourth-order valence-corrected chi connectivity index (χ4v) is 4.21. The van der Waals surface area contributed by atoms with E-state index in [1.807, 2.05) is 25.1 Å². The molecule has 6 nitrogen and oxygen atoms in total. The Kier molecular flexibility index (Phi) is 6.52. The summed E-state index contributed by atoms with van der Waals surface area (Å²) >= 11 is 6.14. The van der Waals surface area contributed by atoms with E-state index >= 15 is 0 Å². The first kappa shape index (κ1) is 21.2. The topological polar surface area (TPSA) is 72.4 Å². The van der Waals surface area contributed by atoms with Gasteiger partial charge in [0.05, 0.1) is 12.0 Å². The molecule has 1 saturated heterocycles. The molecule has 1 atom stereocenters. The van der Waals surface area contributed by atoms with Crippen LogP contribution in [-0.2, 0) is 16.0 Å². The minimum Gasteiger partial charge on any atom is -0.466 e. The summed E-state index contributed by atoms with van der Waals surface area (Å²) in [6.45, 7) is 6.57. The monoisotopic (exact) mass is 415 g/mol. The Labute approximate surface area is 176 Å². The number of hydrogen-bond acceptors (Lipinski definition) is 5. The Balaban J connectivity index is 1.90. The lowest BCUT2D eigenvalue weighted by molar-refractivity contribution is -0.158. The number of amides is 1. The van der Waals surface area contributed by atoms with Crippen molar-refractivity contribution in [1.29, 1.82) is 0 Å². The summed E-state index contributed by atoms with van der Waals surface area (Å²) < 4.78 is 5.42. The smallest absolute Gasteiger partial charge is 0.314 e. The summed E-state index contributed by atoms with van der Waals surface area (Å²) in [5.74, 6) is 0.103. The van der Waals surface area contributed by atoms with Crippen LogP contribution >= 0.6 is 11.6 Å². The molecule has 0 spiro atoms. The molecule has 154 valence electrons. The molecule has 7 heteroatoms. The van der Waals surface area contributed by atoms with Gasteiger partial charge < -0.3 is 9.64 Å². The van der Waals surface area contributed by atoms with Gasteiger partial charge in [-0.15, -0.1) is 0 Å². The van der Waals surface area contributed by atoms with Gasteiger partial charge in [-0.3, -0.25) is 9.59 Å². The van der Waals surface area contributed by atoms with Crippen molar-refractivity contribution >= 4 is 23.5 Å². The molecule has 1 aliphatic heterocycles. The van der Waals surface area contributed by atoms with Gasteiger partial charge in [0, 0.05) is 23.8 Å². The average molecular weight is 416 g/mol. The number of piperidine rings is 1. The fraction of sp³-hybridized carbons (Fsp3) is 0.455. The molecule has 3 rings (SSSR count). The van der Waals surface area contributed by atoms with Crippen molar-refractivity contribution in [2.24, 2.45) is 5.41 Å². The molecule has 1 fully saturated rings. The van der Waals surface area contributed by atoms with Crippen LogP contribution in [0.2, 0.25) is 5.02 Å². The second kappa shape index (κ2) is 8.91. The molecule has 2 heterocycles. The van der Waals surface area contributed by atoms with E-state index in [0.717, 1.165) is 11.3 Å². The molecule has 1 amide bonds. The predicted molar refractivity (Wildman–Crippen MR) is 111 cm³/mol. The minimum atomic E-state index is -0.800. The van der Waals surface area contributed by atoms with Crippen LogP contribution in [0.3, 0.4) is 0 Å². The van der Waals surface area contributed by atoms with Crippen LogP contribution < -0.4 is 0 Å². The first-order chi connectivity index (χ1) is 13.8. The predicted octanol–water partition coefficient (Wildman–Crippen LogP) is 3.78. The van der Waals surface area contributed by atoms with Gasteiger partial charge in [0.1, 0.15) is 11.5 Å². The lowest BCUT2D eigenvalue weighted by atomic mass is 9.75. The molecule has 0 N–H and O–H groups in total. The standard InChI is InChI=1S/C22H26ClN3O3/c1-4-29-21(28)22(13-17-7-5-8-18(23)12-17)9-6-10-26(14-22)20(27)19-11-15(2)24-16(3)25-19/h5,7-8,11-12H,4,6,9-10,13-14H2,1-3H3/t22-/m1/s1. The third-order valence-electron chi connectivity index (χ3n) is 5.19. The molecule has 2 aromatic rings. The number of aryl methyl sites for hydroxylation is 2. The molecule has 29 heavy (non-hydrogen) atoms. The van der Waals surface area contributed by atoms with Crippen LogP contribution in [0.5, 0.6) is 0 Å². The summed E-state index contributed by atoms with van der Waals surface area (Å²) in [6, 6.07) is 9.17. The van der Waals surface area contributed by atoms with Gasteiger partial charge >= 0.3 is 5.97 Å². The fourth-order valence-electron chi connectivity index (χ4n) is 4.00. The molecule has 0 saturated carbocycles. The zero-order chi connectivity index (χ0) is 21.0. The summed E-state index contributed by atoms with van der Waals surface area (Å²) in [5.41, 5.74) is 1.26. The maximum absolute atomic E-state index is 13.1. The normalized spacial score (nSPS) is 19.1. The van der Waals surface area contributed by atoms with E-state index in [1.165, 1.54) is 0 Å². The van der Waals surface area contributed by atoms with Crippen molar-refractivity contribution < 1.29 is 14.3 Å². The number of halogens is 1. The van der Waals surface area contributed by atoms with Crippen molar-refractivity contribution in [3.05, 3.63) is 58.1 Å². The molecule has 1 aromatic heterocycles. The largest absolute Gasteiger partial charge is 0.466 e. The number of likely N-dealkylation sites (tertiary alicyclic amines) is 1. The number of nitrogens with zero attached hydrogens (tertiary/aromatic N) is 3. The third-order valence-corrected chi connectivity index (χ3v) is 5.42. The van der Waals surface area contributed by atoms with Crippen LogP contribution in [0, 0.1) is 19.3 Å². The Morgan fingerprint density at radius 2 is 2.03 bits per heavy atom. The summed E-state index contributed by atoms with van der Waals surface area (Å²) in [7, 11) is 0. The second-order valence-electron chi connectivity index (χ2n) is 7.58. The lowest BCUT2D eigenvalue weighted by Crippen LogP contribution is -2.51. The number of carbonyl (C=O) groups excluding carboxylic acids is 2. The number of aromatic nitrogens is 2. The van der Waals surface area contributed by atoms with Crippen LogP contribution in [0.1, 0.15) is 47.3 Å². The van der Waals surface area contributed by atoms with Gasteiger partial charge in [-0.25, -0.2) is 9.97 Å². The minimum absolute atomic E-state index is 0.182. The number of esters is 1. The van der Waals surface area contributed by atoms with E-state index in [-0.39, 0.29) is 11.9 Å². The molecule has 1 aromatic carbocycles. The number of ether oxygens (including phenoxy) is 1. The molecule has 0 radical (unpaired) electrons. The first-order valence-electron chi connectivity index (χ1n) is 9.86. The highest BCUT2D eigenvalue weighted by Crippen LogP contribution is 2.36.